The lowest BCUT2D eigenvalue weighted by molar-refractivity contribution is -0.134. The Kier molecular flexibility index (Phi) is 3.49. The van der Waals surface area contributed by atoms with E-state index in [0.717, 1.165) is 5.69 Å². The first kappa shape index (κ1) is 11.7. The number of imide groups is 1. The molecule has 1 saturated heterocycles. The van der Waals surface area contributed by atoms with Crippen LogP contribution in [0.25, 0.3) is 0 Å². The number of nitrogens with zero attached hydrogens (tertiary/aromatic N) is 1. The number of carbonyl (C=O) groups excluding carboxylic acids is 2. The summed E-state index contributed by atoms with van der Waals surface area (Å²) in [5.41, 5.74) is 0.886. The van der Waals surface area contributed by atoms with Gasteiger partial charge < -0.3 is 0 Å². The molecule has 2 unspecified atom stereocenters. The topological polar surface area (TPSA) is 71.1 Å². The third-order valence-electron chi connectivity index (χ3n) is 2.82. The first-order valence-corrected chi connectivity index (χ1v) is 5.67. The van der Waals surface area contributed by atoms with E-state index in [0.29, 0.717) is 12.8 Å². The maximum absolute atomic E-state index is 11.6. The first-order valence-electron chi connectivity index (χ1n) is 5.67. The second kappa shape index (κ2) is 5.05. The van der Waals surface area contributed by atoms with Gasteiger partial charge in [-0.1, -0.05) is 6.07 Å². The molecule has 2 rings (SSSR count). The summed E-state index contributed by atoms with van der Waals surface area (Å²) in [6, 6.07) is 5.33. The van der Waals surface area contributed by atoms with Gasteiger partial charge in [0, 0.05) is 18.7 Å². The van der Waals surface area contributed by atoms with Crippen LogP contribution in [0, 0.1) is 0 Å². The highest BCUT2D eigenvalue weighted by molar-refractivity contribution is 6.00. The van der Waals surface area contributed by atoms with E-state index in [1.807, 2.05) is 25.1 Å². The monoisotopic (exact) mass is 233 g/mol. The van der Waals surface area contributed by atoms with Crippen molar-refractivity contribution >= 4 is 11.8 Å². The normalized spacial score (nSPS) is 22.1. The molecule has 5 heteroatoms. The number of piperidine rings is 1. The van der Waals surface area contributed by atoms with E-state index in [4.69, 9.17) is 0 Å². The van der Waals surface area contributed by atoms with Crippen LogP contribution in [0.1, 0.15) is 31.5 Å². The van der Waals surface area contributed by atoms with Crippen molar-refractivity contribution < 1.29 is 9.59 Å². The largest absolute Gasteiger partial charge is 0.298 e. The molecule has 1 fully saturated rings. The quantitative estimate of drug-likeness (QED) is 0.747. The number of carbonyl (C=O) groups is 2. The van der Waals surface area contributed by atoms with E-state index in [2.05, 4.69) is 15.6 Å². The molecular formula is C12H15N3O2. The van der Waals surface area contributed by atoms with Crippen LogP contribution < -0.4 is 10.6 Å². The molecule has 0 bridgehead atoms. The zero-order valence-corrected chi connectivity index (χ0v) is 9.64. The second-order valence-corrected chi connectivity index (χ2v) is 4.15. The van der Waals surface area contributed by atoms with Gasteiger partial charge in [0.1, 0.15) is 0 Å². The van der Waals surface area contributed by atoms with Gasteiger partial charge in [-0.2, -0.15) is 0 Å². The smallest absolute Gasteiger partial charge is 0.243 e. The molecule has 90 valence electrons. The van der Waals surface area contributed by atoms with E-state index >= 15 is 0 Å². The molecule has 2 amide bonds. The fraction of sp³-hybridized carbons (Fsp3) is 0.417. The molecular weight excluding hydrogens is 218 g/mol. The first-order chi connectivity index (χ1) is 8.16. The minimum Gasteiger partial charge on any atom is -0.298 e. The summed E-state index contributed by atoms with van der Waals surface area (Å²) >= 11 is 0. The molecule has 0 spiro atoms. The Morgan fingerprint density at radius 1 is 1.47 bits per heavy atom. The fourth-order valence-electron chi connectivity index (χ4n) is 1.87. The highest BCUT2D eigenvalue weighted by atomic mass is 16.2. The van der Waals surface area contributed by atoms with Gasteiger partial charge in [0.05, 0.1) is 11.7 Å². The Morgan fingerprint density at radius 3 is 2.94 bits per heavy atom. The van der Waals surface area contributed by atoms with E-state index in [1.165, 1.54) is 0 Å². The van der Waals surface area contributed by atoms with E-state index in [9.17, 15) is 9.59 Å². The molecule has 1 aliphatic rings. The van der Waals surface area contributed by atoms with Crippen molar-refractivity contribution in [2.75, 3.05) is 0 Å². The number of aromatic nitrogens is 1. The lowest BCUT2D eigenvalue weighted by Gasteiger charge is -2.25. The molecule has 1 aromatic rings. The molecule has 2 N–H and O–H groups in total. The maximum atomic E-state index is 11.6. The molecule has 17 heavy (non-hydrogen) atoms. The summed E-state index contributed by atoms with van der Waals surface area (Å²) in [5, 5.41) is 5.50. The lowest BCUT2D eigenvalue weighted by Crippen LogP contribution is -2.51. The van der Waals surface area contributed by atoms with E-state index < -0.39 is 0 Å². The molecule has 0 aliphatic carbocycles. The van der Waals surface area contributed by atoms with Crippen molar-refractivity contribution in [3.8, 4) is 0 Å². The van der Waals surface area contributed by atoms with Crippen molar-refractivity contribution in [3.05, 3.63) is 30.1 Å². The third kappa shape index (κ3) is 2.88. The van der Waals surface area contributed by atoms with Crippen LogP contribution in [0.4, 0.5) is 0 Å². The summed E-state index contributed by atoms with van der Waals surface area (Å²) in [5.74, 6) is -0.442. The molecule has 0 aromatic carbocycles. The third-order valence-corrected chi connectivity index (χ3v) is 2.82. The predicted octanol–water partition coefficient (Wildman–Crippen LogP) is 0.537. The van der Waals surface area contributed by atoms with Gasteiger partial charge in [0.2, 0.25) is 11.8 Å². The average Bonchev–Trinajstić information content (AvgIpc) is 2.34. The molecule has 2 heterocycles. The van der Waals surface area contributed by atoms with Gasteiger partial charge in [-0.3, -0.25) is 25.2 Å². The number of nitrogens with one attached hydrogen (secondary N) is 2. The standard InChI is InChI=1S/C12H15N3O2/c1-8(9-4-2-3-7-13-9)14-10-5-6-11(16)15-12(10)17/h2-4,7-8,10,14H,5-6H2,1H3,(H,15,16,17). The number of pyridine rings is 1. The van der Waals surface area contributed by atoms with Gasteiger partial charge in [-0.15, -0.1) is 0 Å². The van der Waals surface area contributed by atoms with Crippen LogP contribution >= 0.6 is 0 Å². The van der Waals surface area contributed by atoms with E-state index in [1.54, 1.807) is 6.20 Å². The van der Waals surface area contributed by atoms with Crippen molar-refractivity contribution in [3.63, 3.8) is 0 Å². The Bertz CT molecular complexity index is 419. The van der Waals surface area contributed by atoms with Crippen LogP contribution in [-0.4, -0.2) is 22.8 Å². The van der Waals surface area contributed by atoms with Crippen LogP contribution in [-0.2, 0) is 9.59 Å². The van der Waals surface area contributed by atoms with Crippen molar-refractivity contribution in [1.29, 1.82) is 0 Å². The maximum Gasteiger partial charge on any atom is 0.243 e. The average molecular weight is 233 g/mol. The van der Waals surface area contributed by atoms with Crippen molar-refractivity contribution in [2.45, 2.75) is 31.8 Å². The van der Waals surface area contributed by atoms with Gasteiger partial charge in [0.15, 0.2) is 0 Å². The minimum atomic E-state index is -0.315. The fourth-order valence-corrected chi connectivity index (χ4v) is 1.87. The van der Waals surface area contributed by atoms with Gasteiger partial charge >= 0.3 is 0 Å². The van der Waals surface area contributed by atoms with Crippen molar-refractivity contribution in [2.24, 2.45) is 0 Å². The zero-order chi connectivity index (χ0) is 12.3. The Hall–Kier alpha value is -1.75. The molecule has 0 radical (unpaired) electrons. The number of hydrogen-bond acceptors (Lipinski definition) is 4. The summed E-state index contributed by atoms with van der Waals surface area (Å²) in [7, 11) is 0. The SMILES string of the molecule is CC(NC1CCC(=O)NC1=O)c1ccccn1. The van der Waals surface area contributed by atoms with Crippen LogP contribution in [0.15, 0.2) is 24.4 Å². The summed E-state index contributed by atoms with van der Waals surface area (Å²) in [6.45, 7) is 1.95. The highest BCUT2D eigenvalue weighted by Crippen LogP contribution is 2.12. The van der Waals surface area contributed by atoms with E-state index in [-0.39, 0.29) is 23.9 Å². The predicted molar refractivity (Wildman–Crippen MR) is 62.0 cm³/mol. The Morgan fingerprint density at radius 2 is 2.29 bits per heavy atom. The number of amides is 2. The number of rotatable bonds is 3. The van der Waals surface area contributed by atoms with Gasteiger partial charge in [-0.05, 0) is 25.5 Å². The second-order valence-electron chi connectivity index (χ2n) is 4.15. The van der Waals surface area contributed by atoms with Gasteiger partial charge in [0.25, 0.3) is 0 Å². The summed E-state index contributed by atoms with van der Waals surface area (Å²) < 4.78 is 0. The highest BCUT2D eigenvalue weighted by Gasteiger charge is 2.27. The molecule has 5 nitrogen and oxygen atoms in total. The number of hydrogen-bond donors (Lipinski definition) is 2. The Labute approximate surface area is 99.6 Å². The minimum absolute atomic E-state index is 0.0137. The van der Waals surface area contributed by atoms with Crippen LogP contribution in [0.5, 0.6) is 0 Å². The van der Waals surface area contributed by atoms with Gasteiger partial charge in [-0.25, -0.2) is 0 Å². The Balaban J connectivity index is 1.97. The molecule has 2 atom stereocenters. The van der Waals surface area contributed by atoms with Crippen molar-refractivity contribution in [1.82, 2.24) is 15.6 Å². The van der Waals surface area contributed by atoms with Crippen LogP contribution in [0.2, 0.25) is 0 Å². The molecule has 1 aliphatic heterocycles. The molecule has 1 aromatic heterocycles. The summed E-state index contributed by atoms with van der Waals surface area (Å²) in [4.78, 5) is 26.8. The lowest BCUT2D eigenvalue weighted by atomic mass is 10.0. The summed E-state index contributed by atoms with van der Waals surface area (Å²) in [6.07, 6.45) is 2.65. The zero-order valence-electron chi connectivity index (χ0n) is 9.64. The molecule has 0 saturated carbocycles. The van der Waals surface area contributed by atoms with Crippen LogP contribution in [0.3, 0.4) is 0 Å².